The molecule has 1 aliphatic rings. The van der Waals surface area contributed by atoms with Crippen LogP contribution in [-0.2, 0) is 4.74 Å². The average Bonchev–Trinajstić information content (AvgIpc) is 2.98. The standard InChI is InChI=1S/C21H15NO7/c1-27-13-6-7-17-12(10-13)11-16(21(26)29-17)20(25)28-9-8-22-18(23)14-4-2-3-5-15(14)19(22)24/h2-7,10-11H,8-9H2,1H3. The summed E-state index contributed by atoms with van der Waals surface area (Å²) in [5, 5.41) is 0.497. The highest BCUT2D eigenvalue weighted by Gasteiger charge is 2.34. The Morgan fingerprint density at radius 3 is 2.34 bits per heavy atom. The second-order valence-corrected chi connectivity index (χ2v) is 6.29. The van der Waals surface area contributed by atoms with Crippen LogP contribution < -0.4 is 10.4 Å². The summed E-state index contributed by atoms with van der Waals surface area (Å²) in [6.45, 7) is -0.370. The van der Waals surface area contributed by atoms with Gasteiger partial charge in [-0.05, 0) is 36.4 Å². The van der Waals surface area contributed by atoms with Crippen molar-refractivity contribution in [2.45, 2.75) is 0 Å². The summed E-state index contributed by atoms with van der Waals surface area (Å²) in [4.78, 5) is 50.0. The molecule has 0 N–H and O–H groups in total. The highest BCUT2D eigenvalue weighted by atomic mass is 16.5. The summed E-state index contributed by atoms with van der Waals surface area (Å²) in [5.74, 6) is -1.26. The number of hydrogen-bond acceptors (Lipinski definition) is 7. The zero-order valence-corrected chi connectivity index (χ0v) is 15.3. The van der Waals surface area contributed by atoms with Gasteiger partial charge in [0.1, 0.15) is 23.5 Å². The van der Waals surface area contributed by atoms with Gasteiger partial charge in [-0.2, -0.15) is 0 Å². The van der Waals surface area contributed by atoms with E-state index in [0.29, 0.717) is 27.8 Å². The van der Waals surface area contributed by atoms with Crippen LogP contribution in [0.25, 0.3) is 11.0 Å². The van der Waals surface area contributed by atoms with E-state index in [4.69, 9.17) is 13.9 Å². The van der Waals surface area contributed by atoms with Gasteiger partial charge < -0.3 is 13.9 Å². The van der Waals surface area contributed by atoms with Gasteiger partial charge >= 0.3 is 11.6 Å². The van der Waals surface area contributed by atoms with Crippen LogP contribution in [0.3, 0.4) is 0 Å². The number of imide groups is 1. The van der Waals surface area contributed by atoms with Crippen molar-refractivity contribution in [3.8, 4) is 5.75 Å². The third-order valence-corrected chi connectivity index (χ3v) is 4.59. The molecule has 0 saturated carbocycles. The molecule has 2 heterocycles. The Bertz CT molecular complexity index is 1180. The first-order valence-electron chi connectivity index (χ1n) is 8.74. The highest BCUT2D eigenvalue weighted by Crippen LogP contribution is 2.22. The fraction of sp³-hybridized carbons (Fsp3) is 0.143. The van der Waals surface area contributed by atoms with E-state index in [0.717, 1.165) is 4.90 Å². The first-order chi connectivity index (χ1) is 14.0. The number of benzene rings is 2. The zero-order chi connectivity index (χ0) is 20.5. The van der Waals surface area contributed by atoms with E-state index in [1.807, 2.05) is 0 Å². The molecule has 0 radical (unpaired) electrons. The maximum absolute atomic E-state index is 12.3. The van der Waals surface area contributed by atoms with Crippen LogP contribution in [0.15, 0.2) is 57.7 Å². The van der Waals surface area contributed by atoms with E-state index in [9.17, 15) is 19.2 Å². The predicted molar refractivity (Wildman–Crippen MR) is 101 cm³/mol. The Hall–Kier alpha value is -3.94. The van der Waals surface area contributed by atoms with Crippen LogP contribution in [0, 0.1) is 0 Å². The van der Waals surface area contributed by atoms with Crippen LogP contribution in [0.2, 0.25) is 0 Å². The number of hydrogen-bond donors (Lipinski definition) is 0. The second-order valence-electron chi connectivity index (χ2n) is 6.29. The van der Waals surface area contributed by atoms with Crippen molar-refractivity contribution in [1.82, 2.24) is 4.90 Å². The van der Waals surface area contributed by atoms with E-state index in [-0.39, 0.29) is 18.7 Å². The largest absolute Gasteiger partial charge is 0.497 e. The topological polar surface area (TPSA) is 103 Å². The molecule has 0 spiro atoms. The lowest BCUT2D eigenvalue weighted by molar-refractivity contribution is 0.0417. The van der Waals surface area contributed by atoms with Gasteiger partial charge in [0.05, 0.1) is 24.8 Å². The van der Waals surface area contributed by atoms with E-state index in [1.165, 1.54) is 13.2 Å². The smallest absolute Gasteiger partial charge is 0.351 e. The number of fused-ring (bicyclic) bond motifs is 2. The molecular formula is C21H15NO7. The molecule has 0 saturated heterocycles. The summed E-state index contributed by atoms with van der Waals surface area (Å²) < 4.78 is 15.4. The maximum atomic E-state index is 12.3. The molecule has 2 amide bonds. The van der Waals surface area contributed by atoms with Crippen molar-refractivity contribution in [2.24, 2.45) is 0 Å². The summed E-state index contributed by atoms with van der Waals surface area (Å²) in [7, 11) is 1.49. The molecular weight excluding hydrogens is 378 g/mol. The van der Waals surface area contributed by atoms with Crippen LogP contribution in [0.5, 0.6) is 5.75 Å². The van der Waals surface area contributed by atoms with E-state index in [1.54, 1.807) is 42.5 Å². The van der Waals surface area contributed by atoms with Gasteiger partial charge in [-0.3, -0.25) is 14.5 Å². The van der Waals surface area contributed by atoms with E-state index in [2.05, 4.69) is 0 Å². The van der Waals surface area contributed by atoms with E-state index < -0.39 is 23.4 Å². The molecule has 3 aromatic rings. The van der Waals surface area contributed by atoms with Gasteiger partial charge in [0.25, 0.3) is 11.8 Å². The Labute approximate surface area is 164 Å². The van der Waals surface area contributed by atoms with Crippen molar-refractivity contribution in [3.63, 3.8) is 0 Å². The molecule has 1 aromatic heterocycles. The van der Waals surface area contributed by atoms with Crippen LogP contribution >= 0.6 is 0 Å². The SMILES string of the molecule is COc1ccc2oc(=O)c(C(=O)OCCN3C(=O)c4ccccc4C3=O)cc2c1. The molecule has 8 nitrogen and oxygen atoms in total. The minimum Gasteiger partial charge on any atom is -0.497 e. The number of amides is 2. The molecule has 0 bridgehead atoms. The van der Waals surface area contributed by atoms with Crippen LogP contribution in [0.1, 0.15) is 31.1 Å². The molecule has 0 unspecified atom stereocenters. The maximum Gasteiger partial charge on any atom is 0.351 e. The summed E-state index contributed by atoms with van der Waals surface area (Å²) in [6, 6.07) is 12.6. The Kier molecular flexibility index (Phi) is 4.59. The monoisotopic (exact) mass is 393 g/mol. The average molecular weight is 393 g/mol. The first kappa shape index (κ1) is 18.4. The number of esters is 1. The molecule has 8 heteroatoms. The van der Waals surface area contributed by atoms with Gasteiger partial charge in [0, 0.05) is 5.39 Å². The van der Waals surface area contributed by atoms with Crippen molar-refractivity contribution < 1.29 is 28.3 Å². The lowest BCUT2D eigenvalue weighted by Crippen LogP contribution is -2.33. The number of carbonyl (C=O) groups is 3. The number of rotatable bonds is 5. The number of methoxy groups -OCH3 is 1. The minimum atomic E-state index is -0.903. The zero-order valence-electron chi connectivity index (χ0n) is 15.3. The number of carbonyl (C=O) groups excluding carboxylic acids is 3. The fourth-order valence-corrected chi connectivity index (χ4v) is 3.12. The van der Waals surface area contributed by atoms with Crippen molar-refractivity contribution in [3.05, 3.63) is 75.6 Å². The highest BCUT2D eigenvalue weighted by molar-refractivity contribution is 6.21. The minimum absolute atomic E-state index is 0.120. The Morgan fingerprint density at radius 1 is 1.00 bits per heavy atom. The Balaban J connectivity index is 1.47. The fourth-order valence-electron chi connectivity index (χ4n) is 3.12. The normalized spacial score (nSPS) is 12.9. The first-order valence-corrected chi connectivity index (χ1v) is 8.74. The molecule has 1 aliphatic heterocycles. The second kappa shape index (κ2) is 7.23. The van der Waals surface area contributed by atoms with Crippen molar-refractivity contribution in [1.29, 1.82) is 0 Å². The molecule has 0 aliphatic carbocycles. The van der Waals surface area contributed by atoms with Gasteiger partial charge in [0.15, 0.2) is 0 Å². The van der Waals surface area contributed by atoms with E-state index >= 15 is 0 Å². The van der Waals surface area contributed by atoms with Gasteiger partial charge in [-0.25, -0.2) is 9.59 Å². The predicted octanol–water partition coefficient (Wildman–Crippen LogP) is 2.25. The van der Waals surface area contributed by atoms with Gasteiger partial charge in [-0.15, -0.1) is 0 Å². The summed E-state index contributed by atoms with van der Waals surface area (Å²) in [6.07, 6.45) is 0. The van der Waals surface area contributed by atoms with Gasteiger partial charge in [0.2, 0.25) is 0 Å². The third kappa shape index (κ3) is 3.25. The Morgan fingerprint density at radius 2 is 1.69 bits per heavy atom. The lowest BCUT2D eigenvalue weighted by Gasteiger charge is -2.13. The molecule has 4 rings (SSSR count). The number of ether oxygens (including phenoxy) is 2. The summed E-state index contributed by atoms with van der Waals surface area (Å²) in [5.41, 5.74) is -0.194. The van der Waals surface area contributed by atoms with Gasteiger partial charge in [-0.1, -0.05) is 12.1 Å². The van der Waals surface area contributed by atoms with Crippen molar-refractivity contribution >= 4 is 28.8 Å². The molecule has 29 heavy (non-hydrogen) atoms. The van der Waals surface area contributed by atoms with Crippen LogP contribution in [-0.4, -0.2) is 42.9 Å². The quantitative estimate of drug-likeness (QED) is 0.372. The molecule has 2 aromatic carbocycles. The van der Waals surface area contributed by atoms with Crippen LogP contribution in [0.4, 0.5) is 0 Å². The number of nitrogens with zero attached hydrogens (tertiary/aromatic N) is 1. The lowest BCUT2D eigenvalue weighted by atomic mass is 10.1. The molecule has 0 fully saturated rings. The summed E-state index contributed by atoms with van der Waals surface area (Å²) >= 11 is 0. The molecule has 0 atom stereocenters. The third-order valence-electron chi connectivity index (χ3n) is 4.59. The molecule has 146 valence electrons. The van der Waals surface area contributed by atoms with Crippen molar-refractivity contribution in [2.75, 3.05) is 20.3 Å².